The minimum Gasteiger partial charge on any atom is -0.351 e. The van der Waals surface area contributed by atoms with Crippen LogP contribution < -0.4 is 11.1 Å². The van der Waals surface area contributed by atoms with Gasteiger partial charge in [-0.1, -0.05) is 19.8 Å². The van der Waals surface area contributed by atoms with Gasteiger partial charge in [-0.2, -0.15) is 0 Å². The largest absolute Gasteiger partial charge is 0.351 e. The molecule has 2 rings (SSSR count). The van der Waals surface area contributed by atoms with Gasteiger partial charge in [0.1, 0.15) is 6.04 Å². The summed E-state index contributed by atoms with van der Waals surface area (Å²) in [5.74, 6) is 1.88. The number of nitrogens with zero attached hydrogens (tertiary/aromatic N) is 1. The molecule has 22 heavy (non-hydrogen) atoms. The summed E-state index contributed by atoms with van der Waals surface area (Å²) in [4.78, 5) is 26.4. The Hall–Kier alpha value is -0.460. The quantitative estimate of drug-likeness (QED) is 0.766. The molecule has 7 heteroatoms. The molecule has 3 unspecified atom stereocenters. The Kier molecular flexibility index (Phi) is 8.57. The summed E-state index contributed by atoms with van der Waals surface area (Å²) in [6.45, 7) is 2.70. The summed E-state index contributed by atoms with van der Waals surface area (Å²) in [5.41, 5.74) is 5.76. The summed E-state index contributed by atoms with van der Waals surface area (Å²) < 4.78 is 0. The standard InChI is InChI=1S/C15H27N3O2S.ClH/c1-2-3-7-14(19)18-10-21-9-13(18)15(20)17-12-6-4-5-11(12)8-16;/h11-13H,2-10,16H2,1H3,(H,17,20);1H. The van der Waals surface area contributed by atoms with Crippen molar-refractivity contribution in [3.63, 3.8) is 0 Å². The van der Waals surface area contributed by atoms with Gasteiger partial charge < -0.3 is 16.0 Å². The molecule has 2 fully saturated rings. The first-order valence-corrected chi connectivity index (χ1v) is 9.20. The highest BCUT2D eigenvalue weighted by molar-refractivity contribution is 7.99. The molecule has 0 bridgehead atoms. The molecule has 0 spiro atoms. The zero-order chi connectivity index (χ0) is 15.2. The average Bonchev–Trinajstić information content (AvgIpc) is 3.13. The minimum absolute atomic E-state index is 0. The Labute approximate surface area is 143 Å². The van der Waals surface area contributed by atoms with E-state index in [1.165, 1.54) is 0 Å². The third kappa shape index (κ3) is 4.77. The van der Waals surface area contributed by atoms with Gasteiger partial charge in [0.15, 0.2) is 0 Å². The first kappa shape index (κ1) is 19.6. The Bertz CT molecular complexity index is 384. The monoisotopic (exact) mass is 349 g/mol. The molecule has 0 aromatic heterocycles. The normalized spacial score (nSPS) is 27.5. The number of unbranched alkanes of at least 4 members (excludes halogenated alkanes) is 1. The maximum atomic E-state index is 12.5. The van der Waals surface area contributed by atoms with Crippen molar-refractivity contribution in [2.24, 2.45) is 11.7 Å². The van der Waals surface area contributed by atoms with E-state index >= 15 is 0 Å². The molecule has 1 aliphatic heterocycles. The number of hydrogen-bond donors (Lipinski definition) is 2. The van der Waals surface area contributed by atoms with E-state index in [9.17, 15) is 9.59 Å². The lowest BCUT2D eigenvalue weighted by molar-refractivity contribution is -0.138. The fraction of sp³-hybridized carbons (Fsp3) is 0.867. The van der Waals surface area contributed by atoms with Crippen molar-refractivity contribution < 1.29 is 9.59 Å². The van der Waals surface area contributed by atoms with Crippen LogP contribution >= 0.6 is 24.2 Å². The number of thioether (sulfide) groups is 1. The third-order valence-corrected chi connectivity index (χ3v) is 5.55. The van der Waals surface area contributed by atoms with Crippen molar-refractivity contribution in [2.45, 2.75) is 57.5 Å². The number of amides is 2. The number of halogens is 1. The maximum Gasteiger partial charge on any atom is 0.243 e. The van der Waals surface area contributed by atoms with E-state index in [1.54, 1.807) is 16.7 Å². The van der Waals surface area contributed by atoms with Gasteiger partial charge in [0, 0.05) is 18.2 Å². The maximum absolute atomic E-state index is 12.5. The molecule has 2 amide bonds. The lowest BCUT2D eigenvalue weighted by Crippen LogP contribution is -2.51. The van der Waals surface area contributed by atoms with Crippen LogP contribution in [0.5, 0.6) is 0 Å². The number of nitrogens with one attached hydrogen (secondary N) is 1. The van der Waals surface area contributed by atoms with Crippen LogP contribution in [-0.4, -0.2) is 47.0 Å². The van der Waals surface area contributed by atoms with Crippen LogP contribution in [0.2, 0.25) is 0 Å². The highest BCUT2D eigenvalue weighted by atomic mass is 35.5. The molecular weight excluding hydrogens is 322 g/mol. The summed E-state index contributed by atoms with van der Waals surface area (Å²) in [6, 6.07) is -0.0981. The molecule has 5 nitrogen and oxygen atoms in total. The molecule has 0 aromatic carbocycles. The van der Waals surface area contributed by atoms with Gasteiger partial charge in [-0.25, -0.2) is 0 Å². The van der Waals surface area contributed by atoms with Gasteiger partial charge in [-0.3, -0.25) is 9.59 Å². The van der Waals surface area contributed by atoms with Crippen LogP contribution in [0.1, 0.15) is 45.4 Å². The summed E-state index contributed by atoms with van der Waals surface area (Å²) >= 11 is 1.66. The van der Waals surface area contributed by atoms with Crippen LogP contribution in [0.15, 0.2) is 0 Å². The molecule has 2 aliphatic rings. The fourth-order valence-corrected chi connectivity index (χ4v) is 4.35. The number of rotatable bonds is 6. The van der Waals surface area contributed by atoms with Crippen LogP contribution in [-0.2, 0) is 9.59 Å². The van der Waals surface area contributed by atoms with Crippen LogP contribution in [0.3, 0.4) is 0 Å². The second-order valence-corrected chi connectivity index (χ2v) is 7.02. The predicted octanol–water partition coefficient (Wildman–Crippen LogP) is 1.74. The van der Waals surface area contributed by atoms with Gasteiger partial charge in [0.05, 0.1) is 5.88 Å². The van der Waals surface area contributed by atoms with Gasteiger partial charge in [-0.05, 0) is 31.7 Å². The van der Waals surface area contributed by atoms with Crippen molar-refractivity contribution in [2.75, 3.05) is 18.2 Å². The molecule has 1 saturated heterocycles. The average molecular weight is 350 g/mol. The molecule has 128 valence electrons. The van der Waals surface area contributed by atoms with Gasteiger partial charge in [-0.15, -0.1) is 24.2 Å². The van der Waals surface area contributed by atoms with E-state index < -0.39 is 0 Å². The van der Waals surface area contributed by atoms with E-state index in [0.717, 1.165) is 32.1 Å². The van der Waals surface area contributed by atoms with E-state index in [-0.39, 0.29) is 36.3 Å². The van der Waals surface area contributed by atoms with E-state index in [4.69, 9.17) is 5.73 Å². The molecule has 1 aliphatic carbocycles. The number of carbonyl (C=O) groups is 2. The van der Waals surface area contributed by atoms with Crippen molar-refractivity contribution in [1.29, 1.82) is 0 Å². The highest BCUT2D eigenvalue weighted by Crippen LogP contribution is 2.26. The summed E-state index contributed by atoms with van der Waals surface area (Å²) in [6.07, 6.45) is 5.69. The van der Waals surface area contributed by atoms with Crippen molar-refractivity contribution in [3.8, 4) is 0 Å². The Morgan fingerprint density at radius 2 is 2.14 bits per heavy atom. The molecule has 3 N–H and O–H groups in total. The zero-order valence-corrected chi connectivity index (χ0v) is 14.9. The second-order valence-electron chi connectivity index (χ2n) is 6.02. The van der Waals surface area contributed by atoms with Crippen LogP contribution in [0, 0.1) is 5.92 Å². The molecule has 0 aromatic rings. The molecule has 1 heterocycles. The molecule has 3 atom stereocenters. The van der Waals surface area contributed by atoms with Crippen molar-refractivity contribution in [3.05, 3.63) is 0 Å². The smallest absolute Gasteiger partial charge is 0.243 e. The molecule has 1 saturated carbocycles. The lowest BCUT2D eigenvalue weighted by Gasteiger charge is -2.26. The zero-order valence-electron chi connectivity index (χ0n) is 13.3. The van der Waals surface area contributed by atoms with Crippen LogP contribution in [0.25, 0.3) is 0 Å². The Morgan fingerprint density at radius 3 is 2.82 bits per heavy atom. The Balaban J connectivity index is 0.00000242. The van der Waals surface area contributed by atoms with Gasteiger partial charge in [0.25, 0.3) is 0 Å². The molecule has 0 radical (unpaired) electrons. The van der Waals surface area contributed by atoms with Gasteiger partial charge >= 0.3 is 0 Å². The Morgan fingerprint density at radius 1 is 1.36 bits per heavy atom. The number of hydrogen-bond acceptors (Lipinski definition) is 4. The number of carbonyl (C=O) groups excluding carboxylic acids is 2. The van der Waals surface area contributed by atoms with Crippen molar-refractivity contribution in [1.82, 2.24) is 10.2 Å². The van der Waals surface area contributed by atoms with Crippen molar-refractivity contribution >= 4 is 36.0 Å². The highest BCUT2D eigenvalue weighted by Gasteiger charge is 2.36. The summed E-state index contributed by atoms with van der Waals surface area (Å²) in [5, 5.41) is 3.14. The molecular formula is C15H28ClN3O2S. The SMILES string of the molecule is CCCCC(=O)N1CSCC1C(=O)NC1CCCC1CN.Cl. The fourth-order valence-electron chi connectivity index (χ4n) is 3.17. The number of nitrogens with two attached hydrogens (primary N) is 1. The van der Waals surface area contributed by atoms with Gasteiger partial charge in [0.2, 0.25) is 11.8 Å². The lowest BCUT2D eigenvalue weighted by atomic mass is 10.0. The first-order chi connectivity index (χ1) is 10.2. The second kappa shape index (κ2) is 9.63. The first-order valence-electron chi connectivity index (χ1n) is 8.05. The van der Waals surface area contributed by atoms with E-state index in [0.29, 0.717) is 30.5 Å². The topological polar surface area (TPSA) is 75.4 Å². The van der Waals surface area contributed by atoms with Crippen LogP contribution in [0.4, 0.5) is 0 Å². The third-order valence-electron chi connectivity index (χ3n) is 4.54. The minimum atomic E-state index is -0.293. The van der Waals surface area contributed by atoms with E-state index in [1.807, 2.05) is 0 Å². The predicted molar refractivity (Wildman–Crippen MR) is 93.1 cm³/mol. The summed E-state index contributed by atoms with van der Waals surface area (Å²) in [7, 11) is 0. The van der Waals surface area contributed by atoms with E-state index in [2.05, 4.69) is 12.2 Å².